The Morgan fingerprint density at radius 1 is 0.870 bits per heavy atom. The zero-order valence-electron chi connectivity index (χ0n) is 13.1. The number of hydrogen-bond donors (Lipinski definition) is 0. The number of carbonyl (C=O) groups is 2. The first kappa shape index (κ1) is 16.5. The SMILES string of the molecule is CCOC(=O)c1ccc(OCc2ccc(C(=O)OC)cc2)cc1. The fourth-order valence-electron chi connectivity index (χ4n) is 1.92. The second-order valence-electron chi connectivity index (χ2n) is 4.72. The van der Waals surface area contributed by atoms with E-state index in [1.807, 2.05) is 0 Å². The molecule has 0 heterocycles. The number of rotatable bonds is 6. The Morgan fingerprint density at radius 2 is 1.43 bits per heavy atom. The highest BCUT2D eigenvalue weighted by Gasteiger charge is 2.07. The summed E-state index contributed by atoms with van der Waals surface area (Å²) in [6.45, 7) is 2.47. The van der Waals surface area contributed by atoms with Gasteiger partial charge in [0.25, 0.3) is 0 Å². The van der Waals surface area contributed by atoms with E-state index in [1.165, 1.54) is 7.11 Å². The van der Waals surface area contributed by atoms with Crippen molar-refractivity contribution in [3.63, 3.8) is 0 Å². The number of ether oxygens (including phenoxy) is 3. The van der Waals surface area contributed by atoms with Crippen molar-refractivity contribution in [2.45, 2.75) is 13.5 Å². The highest BCUT2D eigenvalue weighted by molar-refractivity contribution is 5.89. The molecule has 0 saturated heterocycles. The summed E-state index contributed by atoms with van der Waals surface area (Å²) >= 11 is 0. The van der Waals surface area contributed by atoms with Gasteiger partial charge in [0.2, 0.25) is 0 Å². The maximum absolute atomic E-state index is 11.5. The molecule has 0 amide bonds. The van der Waals surface area contributed by atoms with E-state index in [4.69, 9.17) is 9.47 Å². The molecule has 0 aliphatic rings. The number of hydrogen-bond acceptors (Lipinski definition) is 5. The lowest BCUT2D eigenvalue weighted by atomic mass is 10.1. The van der Waals surface area contributed by atoms with Gasteiger partial charge in [0.05, 0.1) is 24.8 Å². The van der Waals surface area contributed by atoms with Crippen molar-refractivity contribution in [2.75, 3.05) is 13.7 Å². The van der Waals surface area contributed by atoms with Crippen molar-refractivity contribution >= 4 is 11.9 Å². The van der Waals surface area contributed by atoms with Crippen molar-refractivity contribution in [3.8, 4) is 5.75 Å². The molecular weight excluding hydrogens is 296 g/mol. The smallest absolute Gasteiger partial charge is 0.338 e. The van der Waals surface area contributed by atoms with Gasteiger partial charge in [-0.2, -0.15) is 0 Å². The van der Waals surface area contributed by atoms with E-state index >= 15 is 0 Å². The molecule has 0 unspecified atom stereocenters. The predicted octanol–water partition coefficient (Wildman–Crippen LogP) is 3.23. The van der Waals surface area contributed by atoms with E-state index < -0.39 is 0 Å². The third-order valence-electron chi connectivity index (χ3n) is 3.15. The summed E-state index contributed by atoms with van der Waals surface area (Å²) in [6, 6.07) is 13.7. The molecule has 2 aromatic rings. The van der Waals surface area contributed by atoms with Crippen LogP contribution in [0.4, 0.5) is 0 Å². The van der Waals surface area contributed by atoms with E-state index in [-0.39, 0.29) is 11.9 Å². The van der Waals surface area contributed by atoms with Gasteiger partial charge >= 0.3 is 11.9 Å². The molecule has 2 aromatic carbocycles. The first-order chi connectivity index (χ1) is 11.1. The molecule has 23 heavy (non-hydrogen) atoms. The summed E-state index contributed by atoms with van der Waals surface area (Å²) in [5.74, 6) is -0.0698. The Labute approximate surface area is 134 Å². The van der Waals surface area contributed by atoms with Gasteiger partial charge in [-0.1, -0.05) is 12.1 Å². The van der Waals surface area contributed by atoms with Crippen molar-refractivity contribution < 1.29 is 23.8 Å². The van der Waals surface area contributed by atoms with Crippen molar-refractivity contribution in [1.82, 2.24) is 0 Å². The van der Waals surface area contributed by atoms with Crippen LogP contribution in [0.5, 0.6) is 5.75 Å². The molecule has 0 N–H and O–H groups in total. The summed E-state index contributed by atoms with van der Waals surface area (Å²) in [7, 11) is 1.35. The fourth-order valence-corrected chi connectivity index (χ4v) is 1.92. The normalized spacial score (nSPS) is 10.0. The molecule has 0 spiro atoms. The molecule has 0 radical (unpaired) electrons. The van der Waals surface area contributed by atoms with Crippen molar-refractivity contribution in [2.24, 2.45) is 0 Å². The van der Waals surface area contributed by atoms with Crippen molar-refractivity contribution in [1.29, 1.82) is 0 Å². The maximum atomic E-state index is 11.5. The Bertz CT molecular complexity index is 659. The van der Waals surface area contributed by atoms with Gasteiger partial charge in [-0.15, -0.1) is 0 Å². The van der Waals surface area contributed by atoms with E-state index in [2.05, 4.69) is 4.74 Å². The van der Waals surface area contributed by atoms with Crippen LogP contribution in [0.25, 0.3) is 0 Å². The van der Waals surface area contributed by atoms with Crippen LogP contribution >= 0.6 is 0 Å². The molecule has 0 atom stereocenters. The first-order valence-electron chi connectivity index (χ1n) is 7.21. The second kappa shape index (κ2) is 7.98. The molecule has 0 aliphatic carbocycles. The second-order valence-corrected chi connectivity index (χ2v) is 4.72. The Hall–Kier alpha value is -2.82. The van der Waals surface area contributed by atoms with Crippen LogP contribution < -0.4 is 4.74 Å². The van der Waals surface area contributed by atoms with Gasteiger partial charge < -0.3 is 14.2 Å². The lowest BCUT2D eigenvalue weighted by Gasteiger charge is -2.08. The van der Waals surface area contributed by atoms with Gasteiger partial charge in [-0.05, 0) is 48.9 Å². The molecule has 0 aromatic heterocycles. The average Bonchev–Trinajstić information content (AvgIpc) is 2.60. The minimum atomic E-state index is -0.368. The summed E-state index contributed by atoms with van der Waals surface area (Å²) < 4.78 is 15.2. The lowest BCUT2D eigenvalue weighted by Crippen LogP contribution is -2.04. The quantitative estimate of drug-likeness (QED) is 0.766. The summed E-state index contributed by atoms with van der Waals surface area (Å²) in [6.07, 6.45) is 0. The zero-order valence-corrected chi connectivity index (χ0v) is 13.1. The highest BCUT2D eigenvalue weighted by Crippen LogP contribution is 2.15. The lowest BCUT2D eigenvalue weighted by molar-refractivity contribution is 0.0525. The molecule has 0 fully saturated rings. The Kier molecular flexibility index (Phi) is 5.74. The number of esters is 2. The first-order valence-corrected chi connectivity index (χ1v) is 7.21. The summed E-state index contributed by atoms with van der Waals surface area (Å²) in [5, 5.41) is 0. The van der Waals surface area contributed by atoms with Crippen molar-refractivity contribution in [3.05, 3.63) is 65.2 Å². The van der Waals surface area contributed by atoms with Crippen LogP contribution in [-0.2, 0) is 16.1 Å². The standard InChI is InChI=1S/C18H18O5/c1-3-22-18(20)15-8-10-16(11-9-15)23-12-13-4-6-14(7-5-13)17(19)21-2/h4-11H,3,12H2,1-2H3. The van der Waals surface area contributed by atoms with Crippen LogP contribution in [0.2, 0.25) is 0 Å². The molecule has 5 heteroatoms. The topological polar surface area (TPSA) is 61.8 Å². The van der Waals surface area contributed by atoms with E-state index in [0.717, 1.165) is 5.56 Å². The largest absolute Gasteiger partial charge is 0.489 e. The van der Waals surface area contributed by atoms with E-state index in [0.29, 0.717) is 30.1 Å². The molecule has 0 bridgehead atoms. The van der Waals surface area contributed by atoms with Crippen LogP contribution in [0.15, 0.2) is 48.5 Å². The average molecular weight is 314 g/mol. The van der Waals surface area contributed by atoms with Crippen LogP contribution in [-0.4, -0.2) is 25.7 Å². The van der Waals surface area contributed by atoms with E-state index in [1.54, 1.807) is 55.5 Å². The van der Waals surface area contributed by atoms with Gasteiger partial charge in [0.15, 0.2) is 0 Å². The monoisotopic (exact) mass is 314 g/mol. The molecule has 0 aliphatic heterocycles. The third kappa shape index (κ3) is 4.57. The maximum Gasteiger partial charge on any atom is 0.338 e. The Morgan fingerprint density at radius 3 is 2.00 bits per heavy atom. The van der Waals surface area contributed by atoms with Crippen LogP contribution in [0.1, 0.15) is 33.2 Å². The third-order valence-corrected chi connectivity index (χ3v) is 3.15. The molecule has 2 rings (SSSR count). The van der Waals surface area contributed by atoms with Gasteiger partial charge in [-0.3, -0.25) is 0 Å². The molecule has 5 nitrogen and oxygen atoms in total. The molecular formula is C18H18O5. The molecule has 120 valence electrons. The van der Waals surface area contributed by atoms with E-state index in [9.17, 15) is 9.59 Å². The predicted molar refractivity (Wildman–Crippen MR) is 84.5 cm³/mol. The van der Waals surface area contributed by atoms with Crippen LogP contribution in [0.3, 0.4) is 0 Å². The summed E-state index contributed by atoms with van der Waals surface area (Å²) in [4.78, 5) is 22.9. The summed E-state index contributed by atoms with van der Waals surface area (Å²) in [5.41, 5.74) is 1.91. The minimum Gasteiger partial charge on any atom is -0.489 e. The van der Waals surface area contributed by atoms with Gasteiger partial charge in [-0.25, -0.2) is 9.59 Å². The fraction of sp³-hybridized carbons (Fsp3) is 0.222. The highest BCUT2D eigenvalue weighted by atomic mass is 16.5. The van der Waals surface area contributed by atoms with Crippen LogP contribution in [0, 0.1) is 0 Å². The zero-order chi connectivity index (χ0) is 16.7. The minimum absolute atomic E-state index is 0.346. The molecule has 0 saturated carbocycles. The van der Waals surface area contributed by atoms with Gasteiger partial charge in [0, 0.05) is 0 Å². The number of carbonyl (C=O) groups excluding carboxylic acids is 2. The number of benzene rings is 2. The number of methoxy groups -OCH3 is 1. The Balaban J connectivity index is 1.93. The van der Waals surface area contributed by atoms with Gasteiger partial charge in [0.1, 0.15) is 12.4 Å².